The molecule has 0 amide bonds. The molecule has 1 aliphatic heterocycles. The smallest absolute Gasteiger partial charge is 0.198 e. The molecule has 1 aromatic carbocycles. The highest BCUT2D eigenvalue weighted by molar-refractivity contribution is 5.95. The third-order valence-corrected chi connectivity index (χ3v) is 4.82. The van der Waals surface area contributed by atoms with Crippen molar-refractivity contribution in [2.75, 3.05) is 18.4 Å². The SMILES string of the molecule is CC1CN(C(=NC2CC2)Nc2cc(C(C)(C)C)ccc2O)CC(C)N1. The van der Waals surface area contributed by atoms with Crippen molar-refractivity contribution >= 4 is 11.6 Å². The van der Waals surface area contributed by atoms with E-state index in [0.717, 1.165) is 37.6 Å². The van der Waals surface area contributed by atoms with Gasteiger partial charge in [0.25, 0.3) is 0 Å². The van der Waals surface area contributed by atoms with Gasteiger partial charge in [0.1, 0.15) is 5.75 Å². The highest BCUT2D eigenvalue weighted by atomic mass is 16.3. The van der Waals surface area contributed by atoms with Crippen LogP contribution in [0, 0.1) is 0 Å². The minimum atomic E-state index is 0.0377. The van der Waals surface area contributed by atoms with Crippen LogP contribution in [0.1, 0.15) is 53.0 Å². The molecule has 1 aliphatic carbocycles. The van der Waals surface area contributed by atoms with E-state index in [-0.39, 0.29) is 11.2 Å². The van der Waals surface area contributed by atoms with E-state index in [9.17, 15) is 5.11 Å². The number of aromatic hydroxyl groups is 1. The lowest BCUT2D eigenvalue weighted by Gasteiger charge is -2.38. The van der Waals surface area contributed by atoms with Crippen LogP contribution in [0.4, 0.5) is 5.69 Å². The van der Waals surface area contributed by atoms with Gasteiger partial charge in [0.15, 0.2) is 5.96 Å². The highest BCUT2D eigenvalue weighted by Crippen LogP contribution is 2.31. The zero-order valence-electron chi connectivity index (χ0n) is 16.1. The molecule has 1 heterocycles. The van der Waals surface area contributed by atoms with Crippen LogP contribution in [0.25, 0.3) is 0 Å². The van der Waals surface area contributed by atoms with Gasteiger partial charge in [-0.05, 0) is 49.8 Å². The molecule has 2 aliphatic rings. The topological polar surface area (TPSA) is 59.9 Å². The summed E-state index contributed by atoms with van der Waals surface area (Å²) in [5.41, 5.74) is 1.97. The van der Waals surface area contributed by atoms with E-state index in [4.69, 9.17) is 4.99 Å². The molecule has 5 nitrogen and oxygen atoms in total. The molecule has 3 rings (SSSR count). The summed E-state index contributed by atoms with van der Waals surface area (Å²) in [4.78, 5) is 7.21. The quantitative estimate of drug-likeness (QED) is 0.438. The molecule has 2 fully saturated rings. The van der Waals surface area contributed by atoms with Crippen molar-refractivity contribution < 1.29 is 5.11 Å². The van der Waals surface area contributed by atoms with Gasteiger partial charge in [-0.25, -0.2) is 4.99 Å². The lowest BCUT2D eigenvalue weighted by Crippen LogP contribution is -2.57. The van der Waals surface area contributed by atoms with E-state index in [1.807, 2.05) is 12.1 Å². The van der Waals surface area contributed by atoms with Gasteiger partial charge in [-0.1, -0.05) is 26.8 Å². The van der Waals surface area contributed by atoms with Crippen molar-refractivity contribution in [2.45, 2.75) is 71.0 Å². The predicted octanol–water partition coefficient (Wildman–Crippen LogP) is 3.30. The second kappa shape index (κ2) is 6.87. The second-order valence-electron chi connectivity index (χ2n) is 8.66. The van der Waals surface area contributed by atoms with Crippen molar-refractivity contribution in [3.05, 3.63) is 23.8 Å². The number of phenols is 1. The minimum absolute atomic E-state index is 0.0377. The molecular weight excluding hydrogens is 312 g/mol. The summed E-state index contributed by atoms with van der Waals surface area (Å²) in [6, 6.07) is 7.09. The van der Waals surface area contributed by atoms with Crippen molar-refractivity contribution in [1.29, 1.82) is 0 Å². The number of rotatable bonds is 2. The number of anilines is 1. The van der Waals surface area contributed by atoms with Gasteiger partial charge in [-0.3, -0.25) is 0 Å². The average Bonchev–Trinajstić information content (AvgIpc) is 3.30. The number of hydrogen-bond donors (Lipinski definition) is 3. The molecule has 0 spiro atoms. The highest BCUT2D eigenvalue weighted by Gasteiger charge is 2.28. The fourth-order valence-electron chi connectivity index (χ4n) is 3.29. The van der Waals surface area contributed by atoms with E-state index in [1.54, 1.807) is 6.07 Å². The van der Waals surface area contributed by atoms with E-state index in [0.29, 0.717) is 18.1 Å². The van der Waals surface area contributed by atoms with Crippen LogP contribution in [0.2, 0.25) is 0 Å². The van der Waals surface area contributed by atoms with E-state index < -0.39 is 0 Å². The zero-order chi connectivity index (χ0) is 18.2. The number of benzene rings is 1. The molecule has 25 heavy (non-hydrogen) atoms. The molecule has 1 saturated heterocycles. The minimum Gasteiger partial charge on any atom is -0.506 e. The number of phenolic OH excluding ortho intramolecular Hbond substituents is 1. The Labute approximate surface area is 151 Å². The Balaban J connectivity index is 1.86. The molecule has 138 valence electrons. The van der Waals surface area contributed by atoms with Gasteiger partial charge in [-0.2, -0.15) is 0 Å². The number of aliphatic imine (C=N–C) groups is 1. The van der Waals surface area contributed by atoms with Crippen molar-refractivity contribution in [3.8, 4) is 5.75 Å². The predicted molar refractivity (Wildman–Crippen MR) is 105 cm³/mol. The fraction of sp³-hybridized carbons (Fsp3) is 0.650. The molecule has 1 aromatic rings. The number of piperazine rings is 1. The van der Waals surface area contributed by atoms with Gasteiger partial charge in [-0.15, -0.1) is 0 Å². The molecule has 0 aromatic heterocycles. The maximum Gasteiger partial charge on any atom is 0.198 e. The molecular formula is C20H32N4O. The summed E-state index contributed by atoms with van der Waals surface area (Å²) in [6.07, 6.45) is 2.33. The van der Waals surface area contributed by atoms with Gasteiger partial charge in [0, 0.05) is 25.2 Å². The van der Waals surface area contributed by atoms with Crippen molar-refractivity contribution in [2.24, 2.45) is 4.99 Å². The average molecular weight is 345 g/mol. The van der Waals surface area contributed by atoms with Crippen LogP contribution in [0.15, 0.2) is 23.2 Å². The third kappa shape index (κ3) is 4.66. The molecule has 1 saturated carbocycles. The number of hydrogen-bond acceptors (Lipinski definition) is 3. The summed E-state index contributed by atoms with van der Waals surface area (Å²) in [5, 5.41) is 17.4. The first-order valence-corrected chi connectivity index (χ1v) is 9.41. The third-order valence-electron chi connectivity index (χ3n) is 4.82. The maximum atomic E-state index is 10.4. The molecule has 3 N–H and O–H groups in total. The lowest BCUT2D eigenvalue weighted by molar-refractivity contribution is 0.254. The first-order valence-electron chi connectivity index (χ1n) is 9.41. The second-order valence-corrected chi connectivity index (χ2v) is 8.66. The van der Waals surface area contributed by atoms with Gasteiger partial charge < -0.3 is 20.6 Å². The standard InChI is InChI=1S/C20H32N4O/c1-13-11-24(12-14(2)21-13)19(22-16-7-8-16)23-17-10-15(20(3,4)5)6-9-18(17)25/h6,9-10,13-14,16,21,25H,7-8,11-12H2,1-5H3,(H,22,23). The fourth-order valence-corrected chi connectivity index (χ4v) is 3.29. The van der Waals surface area contributed by atoms with E-state index in [2.05, 4.69) is 50.2 Å². The number of guanidine groups is 1. The summed E-state index contributed by atoms with van der Waals surface area (Å²) in [7, 11) is 0. The van der Waals surface area contributed by atoms with Gasteiger partial charge >= 0.3 is 0 Å². The van der Waals surface area contributed by atoms with E-state index >= 15 is 0 Å². The van der Waals surface area contributed by atoms with Gasteiger partial charge in [0.05, 0.1) is 11.7 Å². The molecule has 5 heteroatoms. The molecule has 0 radical (unpaired) electrons. The lowest BCUT2D eigenvalue weighted by atomic mass is 9.87. The van der Waals surface area contributed by atoms with Crippen LogP contribution in [-0.2, 0) is 5.41 Å². The summed E-state index contributed by atoms with van der Waals surface area (Å²) >= 11 is 0. The first-order chi connectivity index (χ1) is 11.7. The van der Waals surface area contributed by atoms with Crippen molar-refractivity contribution in [1.82, 2.24) is 10.2 Å². The first kappa shape index (κ1) is 18.1. The van der Waals surface area contributed by atoms with Crippen molar-refractivity contribution in [3.63, 3.8) is 0 Å². The summed E-state index contributed by atoms with van der Waals surface area (Å²) < 4.78 is 0. The Morgan fingerprint density at radius 3 is 2.40 bits per heavy atom. The Bertz CT molecular complexity index is 636. The molecule has 2 unspecified atom stereocenters. The van der Waals surface area contributed by atoms with Crippen LogP contribution in [0.3, 0.4) is 0 Å². The van der Waals surface area contributed by atoms with E-state index in [1.165, 1.54) is 5.56 Å². The molecule has 2 atom stereocenters. The Kier molecular flexibility index (Phi) is 4.96. The normalized spacial score (nSPS) is 25.2. The Morgan fingerprint density at radius 2 is 1.84 bits per heavy atom. The zero-order valence-corrected chi connectivity index (χ0v) is 16.1. The monoisotopic (exact) mass is 344 g/mol. The Hall–Kier alpha value is -1.75. The molecule has 0 bridgehead atoms. The van der Waals surface area contributed by atoms with Crippen LogP contribution in [-0.4, -0.2) is 47.2 Å². The van der Waals surface area contributed by atoms with Crippen LogP contribution in [0.5, 0.6) is 5.75 Å². The summed E-state index contributed by atoms with van der Waals surface area (Å²) in [5.74, 6) is 1.16. The van der Waals surface area contributed by atoms with Crippen LogP contribution < -0.4 is 10.6 Å². The largest absolute Gasteiger partial charge is 0.506 e. The number of nitrogens with zero attached hydrogens (tertiary/aromatic N) is 2. The van der Waals surface area contributed by atoms with Crippen LogP contribution >= 0.6 is 0 Å². The maximum absolute atomic E-state index is 10.4. The number of nitrogens with one attached hydrogen (secondary N) is 2. The van der Waals surface area contributed by atoms with Gasteiger partial charge in [0.2, 0.25) is 0 Å². The summed E-state index contributed by atoms with van der Waals surface area (Å²) in [6.45, 7) is 12.8. The Morgan fingerprint density at radius 1 is 1.20 bits per heavy atom.